The quantitative estimate of drug-likeness (QED) is 0.704. The van der Waals surface area contributed by atoms with E-state index in [4.69, 9.17) is 0 Å². The molecule has 1 aromatic carbocycles. The molecule has 9 heteroatoms. The number of carbonyl (C=O) groups excluding carboxylic acids is 1. The van der Waals surface area contributed by atoms with Crippen LogP contribution in [0.2, 0.25) is 0 Å². The van der Waals surface area contributed by atoms with E-state index in [1.165, 1.54) is 30.5 Å². The molecule has 0 radical (unpaired) electrons. The largest absolute Gasteiger partial charge is 0.421 e. The zero-order chi connectivity index (χ0) is 23.4. The van der Waals surface area contributed by atoms with Crippen molar-refractivity contribution in [1.29, 1.82) is 0 Å². The molecule has 1 atom stereocenters. The monoisotopic (exact) mass is 454 g/mol. The third-order valence-corrected chi connectivity index (χ3v) is 6.24. The first kappa shape index (κ1) is 24.3. The summed E-state index contributed by atoms with van der Waals surface area (Å²) in [5.74, 6) is 0.129. The van der Waals surface area contributed by atoms with Crippen molar-refractivity contribution in [2.45, 2.75) is 69.3 Å². The van der Waals surface area contributed by atoms with Crippen molar-refractivity contribution in [2.24, 2.45) is 5.92 Å². The number of aliphatic hydroxyl groups is 2. The van der Waals surface area contributed by atoms with E-state index in [0.717, 1.165) is 38.5 Å². The van der Waals surface area contributed by atoms with Gasteiger partial charge in [0.2, 0.25) is 0 Å². The average molecular weight is 454 g/mol. The Labute approximate surface area is 185 Å². The van der Waals surface area contributed by atoms with Crippen molar-refractivity contribution in [3.63, 3.8) is 0 Å². The lowest BCUT2D eigenvalue weighted by molar-refractivity contribution is -0.258. The number of alkyl halides is 3. The summed E-state index contributed by atoms with van der Waals surface area (Å²) in [5, 5.41) is 22.4. The van der Waals surface area contributed by atoms with Crippen LogP contribution >= 0.6 is 0 Å². The molecule has 2 aromatic rings. The molecular formula is C23H29F3N2O4. The van der Waals surface area contributed by atoms with Gasteiger partial charge >= 0.3 is 6.18 Å². The van der Waals surface area contributed by atoms with Crippen LogP contribution in [0, 0.1) is 5.92 Å². The van der Waals surface area contributed by atoms with Crippen molar-refractivity contribution in [1.82, 2.24) is 10.1 Å². The fraction of sp³-hybridized carbons (Fsp3) is 0.565. The minimum Gasteiger partial charge on any atom is -0.396 e. The molecule has 2 aliphatic carbocycles. The van der Waals surface area contributed by atoms with E-state index in [2.05, 4.69) is 9.68 Å². The molecule has 1 aromatic heterocycles. The van der Waals surface area contributed by atoms with Gasteiger partial charge in [-0.3, -0.25) is 4.79 Å². The Bertz CT molecular complexity index is 824. The summed E-state index contributed by atoms with van der Waals surface area (Å²) in [4.78, 5) is 14.9. The summed E-state index contributed by atoms with van der Waals surface area (Å²) in [7, 11) is 0. The maximum Gasteiger partial charge on any atom is 0.421 e. The number of benzene rings is 1. The van der Waals surface area contributed by atoms with E-state index in [9.17, 15) is 28.2 Å². The second-order valence-corrected chi connectivity index (χ2v) is 8.64. The predicted octanol–water partition coefficient (Wildman–Crippen LogP) is 4.29. The minimum atomic E-state index is -4.79. The Balaban J connectivity index is 0.000000509. The number of rotatable bonds is 5. The van der Waals surface area contributed by atoms with E-state index in [-0.39, 0.29) is 30.2 Å². The molecule has 0 aliphatic heterocycles. The van der Waals surface area contributed by atoms with Crippen LogP contribution in [0.15, 0.2) is 47.3 Å². The third-order valence-electron chi connectivity index (χ3n) is 6.24. The van der Waals surface area contributed by atoms with Crippen molar-refractivity contribution in [3.05, 3.63) is 53.9 Å². The molecular weight excluding hydrogens is 425 g/mol. The molecule has 1 heterocycles. The molecule has 2 fully saturated rings. The van der Waals surface area contributed by atoms with Crippen LogP contribution in [0.1, 0.15) is 61.4 Å². The zero-order valence-corrected chi connectivity index (χ0v) is 18.0. The van der Waals surface area contributed by atoms with Gasteiger partial charge in [0.25, 0.3) is 5.91 Å². The van der Waals surface area contributed by atoms with E-state index >= 15 is 0 Å². The maximum atomic E-state index is 13.0. The zero-order valence-electron chi connectivity index (χ0n) is 18.0. The van der Waals surface area contributed by atoms with Crippen molar-refractivity contribution in [2.75, 3.05) is 6.61 Å². The highest BCUT2D eigenvalue weighted by Crippen LogP contribution is 2.39. The van der Waals surface area contributed by atoms with Gasteiger partial charge in [0.05, 0.1) is 6.20 Å². The number of aliphatic hydroxyl groups excluding tert-OH is 1. The van der Waals surface area contributed by atoms with E-state index < -0.39 is 11.8 Å². The Hall–Kier alpha value is -2.39. The lowest BCUT2D eigenvalue weighted by atomic mass is 9.85. The molecule has 2 aliphatic rings. The standard InChI is InChI=1S/C20H26F3NO3.C3H3NO/c1-19(27,20(21,22)23)15-6-4-14(5-7-15)18(26)24(17-10-11-17)16-8-2-13(12-25)3-9-16;1-2-4-5-3-1/h4-7,13,16-17,25,27H,2-3,8-12H2,1H3;1-3H. The highest BCUT2D eigenvalue weighted by atomic mass is 19.4. The van der Waals surface area contributed by atoms with Gasteiger partial charge in [0.1, 0.15) is 6.26 Å². The molecule has 176 valence electrons. The van der Waals surface area contributed by atoms with Crippen LogP contribution in [0.25, 0.3) is 0 Å². The molecule has 6 nitrogen and oxygen atoms in total. The van der Waals surface area contributed by atoms with Gasteiger partial charge in [0.15, 0.2) is 5.60 Å². The van der Waals surface area contributed by atoms with Crippen LogP contribution in [-0.4, -0.2) is 51.0 Å². The predicted molar refractivity (Wildman–Crippen MR) is 111 cm³/mol. The molecule has 0 saturated heterocycles. The average Bonchev–Trinajstić information content (AvgIpc) is 3.41. The Morgan fingerprint density at radius 3 is 2.03 bits per heavy atom. The normalized spacial score (nSPS) is 22.9. The second kappa shape index (κ2) is 10.0. The number of hydrogen-bond donors (Lipinski definition) is 2. The van der Waals surface area contributed by atoms with E-state index in [1.807, 2.05) is 4.90 Å². The SMILES string of the molecule is CC(O)(c1ccc(C(=O)N(C2CCC(CO)CC2)C2CC2)cc1)C(F)(F)F.c1cnoc1. The van der Waals surface area contributed by atoms with Gasteiger partial charge in [-0.15, -0.1) is 0 Å². The van der Waals surface area contributed by atoms with Crippen LogP contribution < -0.4 is 0 Å². The molecule has 0 spiro atoms. The van der Waals surface area contributed by atoms with Crippen LogP contribution in [0.3, 0.4) is 0 Å². The van der Waals surface area contributed by atoms with Gasteiger partial charge in [-0.25, -0.2) is 0 Å². The van der Waals surface area contributed by atoms with Gasteiger partial charge in [0, 0.05) is 24.3 Å². The molecule has 2 saturated carbocycles. The Morgan fingerprint density at radius 1 is 1.09 bits per heavy atom. The van der Waals surface area contributed by atoms with Crippen LogP contribution in [-0.2, 0) is 5.60 Å². The van der Waals surface area contributed by atoms with Crippen LogP contribution in [0.5, 0.6) is 0 Å². The number of hydrogen-bond acceptors (Lipinski definition) is 5. The summed E-state index contributed by atoms with van der Waals surface area (Å²) in [5.41, 5.74) is -2.89. The van der Waals surface area contributed by atoms with Crippen molar-refractivity contribution >= 4 is 5.91 Å². The van der Waals surface area contributed by atoms with Gasteiger partial charge in [-0.1, -0.05) is 17.3 Å². The number of aromatic nitrogens is 1. The first-order chi connectivity index (χ1) is 15.1. The number of nitrogens with zero attached hydrogens (tertiary/aromatic N) is 2. The molecule has 1 unspecified atom stereocenters. The molecule has 32 heavy (non-hydrogen) atoms. The molecule has 0 bridgehead atoms. The van der Waals surface area contributed by atoms with Gasteiger partial charge < -0.3 is 19.6 Å². The maximum absolute atomic E-state index is 13.0. The summed E-state index contributed by atoms with van der Waals surface area (Å²) in [6.07, 6.45) is 3.65. The molecule has 4 rings (SSSR count). The lowest BCUT2D eigenvalue weighted by Crippen LogP contribution is -2.44. The summed E-state index contributed by atoms with van der Waals surface area (Å²) in [6.45, 7) is 0.880. The highest BCUT2D eigenvalue weighted by molar-refractivity contribution is 5.95. The van der Waals surface area contributed by atoms with Gasteiger partial charge in [-0.2, -0.15) is 13.2 Å². The fourth-order valence-corrected chi connectivity index (χ4v) is 4.01. The van der Waals surface area contributed by atoms with E-state index in [1.54, 1.807) is 12.3 Å². The highest BCUT2D eigenvalue weighted by Gasteiger charge is 2.51. The first-order valence-electron chi connectivity index (χ1n) is 10.8. The topological polar surface area (TPSA) is 86.8 Å². The van der Waals surface area contributed by atoms with Crippen molar-refractivity contribution < 1.29 is 32.7 Å². The van der Waals surface area contributed by atoms with Crippen molar-refractivity contribution in [3.8, 4) is 0 Å². The minimum absolute atomic E-state index is 0.116. The lowest BCUT2D eigenvalue weighted by Gasteiger charge is -2.37. The Kier molecular flexibility index (Phi) is 7.61. The molecule has 1 amide bonds. The molecule has 2 N–H and O–H groups in total. The van der Waals surface area contributed by atoms with Crippen LogP contribution in [0.4, 0.5) is 13.2 Å². The second-order valence-electron chi connectivity index (χ2n) is 8.64. The van der Waals surface area contributed by atoms with Gasteiger partial charge in [-0.05, 0) is 75.1 Å². The number of halogens is 3. The summed E-state index contributed by atoms with van der Waals surface area (Å²) < 4.78 is 43.3. The number of amides is 1. The smallest absolute Gasteiger partial charge is 0.396 e. The fourth-order valence-electron chi connectivity index (χ4n) is 4.01. The summed E-state index contributed by atoms with van der Waals surface area (Å²) >= 11 is 0. The summed E-state index contributed by atoms with van der Waals surface area (Å²) in [6, 6.07) is 7.12. The van der Waals surface area contributed by atoms with E-state index in [0.29, 0.717) is 18.4 Å². The third kappa shape index (κ3) is 5.69. The Morgan fingerprint density at radius 2 is 1.66 bits per heavy atom. The first-order valence-corrected chi connectivity index (χ1v) is 10.8. The number of carbonyl (C=O) groups is 1.